The molecule has 0 spiro atoms. The lowest BCUT2D eigenvalue weighted by molar-refractivity contribution is -0.143. The molecule has 0 radical (unpaired) electrons. The maximum absolute atomic E-state index is 12.4. The Balaban J connectivity index is 1.98. The van der Waals surface area contributed by atoms with E-state index in [4.69, 9.17) is 5.11 Å². The molecule has 1 N–H and O–H groups in total. The van der Waals surface area contributed by atoms with Crippen LogP contribution in [0.1, 0.15) is 31.4 Å². The fraction of sp³-hybridized carbons (Fsp3) is 0.500. The van der Waals surface area contributed by atoms with Crippen LogP contribution in [0.2, 0.25) is 0 Å². The number of carboxylic acids is 1. The zero-order chi connectivity index (χ0) is 15.4. The Morgan fingerprint density at radius 2 is 2.05 bits per heavy atom. The van der Waals surface area contributed by atoms with Crippen molar-refractivity contribution in [2.24, 2.45) is 0 Å². The summed E-state index contributed by atoms with van der Waals surface area (Å²) in [6.45, 7) is 2.83. The standard InChI is InChI=1S/C16H22N2O3/c1-12(13-7-4-3-5-8-13)17(2)15(19)11-18-10-6-9-14(18)16(20)21/h3-5,7-8,12,14H,6,9-11H2,1-2H3,(H,20,21). The van der Waals surface area contributed by atoms with Gasteiger partial charge in [-0.2, -0.15) is 0 Å². The summed E-state index contributed by atoms with van der Waals surface area (Å²) in [6.07, 6.45) is 1.46. The molecular weight excluding hydrogens is 268 g/mol. The van der Waals surface area contributed by atoms with E-state index < -0.39 is 12.0 Å². The van der Waals surface area contributed by atoms with E-state index in [1.165, 1.54) is 0 Å². The summed E-state index contributed by atoms with van der Waals surface area (Å²) in [4.78, 5) is 27.0. The van der Waals surface area contributed by atoms with E-state index in [-0.39, 0.29) is 18.5 Å². The third kappa shape index (κ3) is 3.61. The number of benzene rings is 1. The topological polar surface area (TPSA) is 60.9 Å². The number of likely N-dealkylation sites (tertiary alicyclic amines) is 1. The number of amides is 1. The molecule has 2 rings (SSSR count). The van der Waals surface area contributed by atoms with Gasteiger partial charge < -0.3 is 10.0 Å². The van der Waals surface area contributed by atoms with Gasteiger partial charge in [-0.15, -0.1) is 0 Å². The van der Waals surface area contributed by atoms with E-state index in [9.17, 15) is 9.59 Å². The van der Waals surface area contributed by atoms with Crippen molar-refractivity contribution < 1.29 is 14.7 Å². The monoisotopic (exact) mass is 290 g/mol. The third-order valence-corrected chi connectivity index (χ3v) is 4.24. The quantitative estimate of drug-likeness (QED) is 0.897. The van der Waals surface area contributed by atoms with Gasteiger partial charge in [-0.1, -0.05) is 30.3 Å². The molecule has 5 heteroatoms. The minimum atomic E-state index is -0.834. The number of likely N-dealkylation sites (N-methyl/N-ethyl adjacent to an activating group) is 1. The highest BCUT2D eigenvalue weighted by molar-refractivity contribution is 5.80. The van der Waals surface area contributed by atoms with Gasteiger partial charge in [0.15, 0.2) is 0 Å². The number of carboxylic acid groups (broad SMARTS) is 1. The van der Waals surface area contributed by atoms with E-state index >= 15 is 0 Å². The Hall–Kier alpha value is -1.88. The highest BCUT2D eigenvalue weighted by atomic mass is 16.4. The van der Waals surface area contributed by atoms with Crippen molar-refractivity contribution in [1.29, 1.82) is 0 Å². The SMILES string of the molecule is CC(c1ccccc1)N(C)C(=O)CN1CCCC1C(=O)O. The van der Waals surface area contributed by atoms with Gasteiger partial charge >= 0.3 is 5.97 Å². The van der Waals surface area contributed by atoms with Crippen LogP contribution in [0.25, 0.3) is 0 Å². The first-order chi connectivity index (χ1) is 10.0. The van der Waals surface area contributed by atoms with Crippen LogP contribution >= 0.6 is 0 Å². The van der Waals surface area contributed by atoms with Gasteiger partial charge in [0.05, 0.1) is 12.6 Å². The van der Waals surface area contributed by atoms with Crippen LogP contribution < -0.4 is 0 Å². The van der Waals surface area contributed by atoms with Crippen LogP contribution in [0, 0.1) is 0 Å². The predicted octanol–water partition coefficient (Wildman–Crippen LogP) is 1.76. The molecule has 0 aliphatic carbocycles. The Labute approximate surface area is 125 Å². The molecule has 5 nitrogen and oxygen atoms in total. The molecule has 0 bridgehead atoms. The Morgan fingerprint density at radius 1 is 1.38 bits per heavy atom. The predicted molar refractivity (Wildman–Crippen MR) is 79.9 cm³/mol. The summed E-state index contributed by atoms with van der Waals surface area (Å²) < 4.78 is 0. The minimum Gasteiger partial charge on any atom is -0.480 e. The fourth-order valence-electron chi connectivity index (χ4n) is 2.75. The van der Waals surface area contributed by atoms with Crippen LogP contribution in [-0.2, 0) is 9.59 Å². The van der Waals surface area contributed by atoms with Crippen LogP contribution in [0.5, 0.6) is 0 Å². The number of aliphatic carboxylic acids is 1. The summed E-state index contributed by atoms with van der Waals surface area (Å²) in [6, 6.07) is 9.28. The van der Waals surface area contributed by atoms with Crippen molar-refractivity contribution in [3.63, 3.8) is 0 Å². The molecule has 2 unspecified atom stereocenters. The normalized spacial score (nSPS) is 20.2. The highest BCUT2D eigenvalue weighted by Crippen LogP contribution is 2.21. The number of nitrogens with zero attached hydrogens (tertiary/aromatic N) is 2. The smallest absolute Gasteiger partial charge is 0.320 e. The molecule has 2 atom stereocenters. The van der Waals surface area contributed by atoms with Crippen molar-refractivity contribution in [3.8, 4) is 0 Å². The van der Waals surface area contributed by atoms with Crippen LogP contribution in [0.15, 0.2) is 30.3 Å². The van der Waals surface area contributed by atoms with Crippen LogP contribution in [0.3, 0.4) is 0 Å². The number of rotatable bonds is 5. The van der Waals surface area contributed by atoms with Crippen molar-refractivity contribution in [2.45, 2.75) is 31.8 Å². The minimum absolute atomic E-state index is 0.0235. The second-order valence-corrected chi connectivity index (χ2v) is 5.56. The molecule has 1 aromatic carbocycles. The fourth-order valence-corrected chi connectivity index (χ4v) is 2.75. The number of hydrogen-bond donors (Lipinski definition) is 1. The first-order valence-electron chi connectivity index (χ1n) is 7.28. The average molecular weight is 290 g/mol. The number of carbonyl (C=O) groups excluding carboxylic acids is 1. The molecule has 1 heterocycles. The van der Waals surface area contributed by atoms with Gasteiger partial charge in [0, 0.05) is 7.05 Å². The van der Waals surface area contributed by atoms with Crippen molar-refractivity contribution >= 4 is 11.9 Å². The van der Waals surface area contributed by atoms with Gasteiger partial charge in [-0.25, -0.2) is 0 Å². The molecule has 0 saturated carbocycles. The molecule has 1 aliphatic rings. The van der Waals surface area contributed by atoms with E-state index in [1.54, 1.807) is 16.8 Å². The van der Waals surface area contributed by atoms with Gasteiger partial charge in [0.25, 0.3) is 0 Å². The maximum Gasteiger partial charge on any atom is 0.320 e. The number of carbonyl (C=O) groups is 2. The molecule has 1 fully saturated rings. The highest BCUT2D eigenvalue weighted by Gasteiger charge is 2.32. The first-order valence-corrected chi connectivity index (χ1v) is 7.28. The van der Waals surface area contributed by atoms with Gasteiger partial charge in [0.2, 0.25) is 5.91 Å². The van der Waals surface area contributed by atoms with E-state index in [1.807, 2.05) is 37.3 Å². The molecule has 1 aromatic rings. The second kappa shape index (κ2) is 6.72. The molecule has 1 aliphatic heterocycles. The van der Waals surface area contributed by atoms with Crippen molar-refractivity contribution in [3.05, 3.63) is 35.9 Å². The lowest BCUT2D eigenvalue weighted by Gasteiger charge is -2.28. The van der Waals surface area contributed by atoms with Crippen LogP contribution in [-0.4, -0.2) is 53.0 Å². The average Bonchev–Trinajstić information content (AvgIpc) is 2.95. The third-order valence-electron chi connectivity index (χ3n) is 4.24. The molecular formula is C16H22N2O3. The van der Waals surface area contributed by atoms with E-state index in [2.05, 4.69) is 0 Å². The summed E-state index contributed by atoms with van der Waals surface area (Å²) in [5, 5.41) is 9.16. The van der Waals surface area contributed by atoms with Gasteiger partial charge in [0.1, 0.15) is 6.04 Å². The number of hydrogen-bond acceptors (Lipinski definition) is 3. The van der Waals surface area contributed by atoms with Gasteiger partial charge in [-0.05, 0) is 31.9 Å². The zero-order valence-electron chi connectivity index (χ0n) is 12.5. The Morgan fingerprint density at radius 3 is 2.67 bits per heavy atom. The lowest BCUT2D eigenvalue weighted by atomic mass is 10.1. The summed E-state index contributed by atoms with van der Waals surface area (Å²) in [7, 11) is 1.77. The summed E-state index contributed by atoms with van der Waals surface area (Å²) in [5.74, 6) is -0.876. The van der Waals surface area contributed by atoms with Crippen LogP contribution in [0.4, 0.5) is 0 Å². The Bertz CT molecular complexity index is 504. The van der Waals surface area contributed by atoms with E-state index in [0.717, 1.165) is 12.0 Å². The van der Waals surface area contributed by atoms with E-state index in [0.29, 0.717) is 13.0 Å². The maximum atomic E-state index is 12.4. The molecule has 21 heavy (non-hydrogen) atoms. The zero-order valence-corrected chi connectivity index (χ0v) is 12.5. The summed E-state index contributed by atoms with van der Waals surface area (Å²) in [5.41, 5.74) is 1.07. The van der Waals surface area contributed by atoms with Crippen molar-refractivity contribution in [1.82, 2.24) is 9.80 Å². The molecule has 1 amide bonds. The first kappa shape index (κ1) is 15.5. The Kier molecular flexibility index (Phi) is 4.96. The van der Waals surface area contributed by atoms with Crippen molar-refractivity contribution in [2.75, 3.05) is 20.1 Å². The lowest BCUT2D eigenvalue weighted by Crippen LogP contribution is -2.44. The molecule has 1 saturated heterocycles. The molecule has 0 aromatic heterocycles. The second-order valence-electron chi connectivity index (χ2n) is 5.56. The molecule has 114 valence electrons. The summed E-state index contributed by atoms with van der Waals surface area (Å²) >= 11 is 0. The van der Waals surface area contributed by atoms with Gasteiger partial charge in [-0.3, -0.25) is 14.5 Å². The largest absolute Gasteiger partial charge is 0.480 e.